The number of pyridine rings is 1. The van der Waals surface area contributed by atoms with Gasteiger partial charge in [0.05, 0.1) is 18.4 Å². The van der Waals surface area contributed by atoms with Crippen LogP contribution >= 0.6 is 0 Å². The lowest BCUT2D eigenvalue weighted by atomic mass is 10.2. The molecule has 2 aromatic rings. The molecule has 0 bridgehead atoms. The Morgan fingerprint density at radius 1 is 1.50 bits per heavy atom. The highest BCUT2D eigenvalue weighted by Gasteiger charge is 2.31. The molecule has 20 heavy (non-hydrogen) atoms. The van der Waals surface area contributed by atoms with E-state index in [0.717, 1.165) is 18.6 Å². The smallest absolute Gasteiger partial charge is 0.335 e. The molecule has 0 spiro atoms. The van der Waals surface area contributed by atoms with Crippen molar-refractivity contribution in [3.8, 4) is 0 Å². The predicted octanol–water partition coefficient (Wildman–Crippen LogP) is 2.85. The maximum atomic E-state index is 11.2. The van der Waals surface area contributed by atoms with Gasteiger partial charge in [-0.05, 0) is 44.0 Å². The topological polar surface area (TPSA) is 66.6 Å². The number of carboxylic acid groups (broad SMARTS) is 1. The molecule has 0 amide bonds. The molecule has 5 nitrogen and oxygen atoms in total. The Hall–Kier alpha value is -2.30. The Balaban J connectivity index is 1.93. The fourth-order valence-electron chi connectivity index (χ4n) is 2.28. The van der Waals surface area contributed by atoms with Crippen molar-refractivity contribution in [3.63, 3.8) is 0 Å². The Morgan fingerprint density at radius 3 is 2.90 bits per heavy atom. The van der Waals surface area contributed by atoms with Crippen LogP contribution in [0.5, 0.6) is 0 Å². The van der Waals surface area contributed by atoms with E-state index < -0.39 is 5.97 Å². The van der Waals surface area contributed by atoms with Gasteiger partial charge in [-0.1, -0.05) is 0 Å². The van der Waals surface area contributed by atoms with Crippen LogP contribution in [-0.2, 0) is 6.54 Å². The van der Waals surface area contributed by atoms with E-state index in [4.69, 9.17) is 9.52 Å². The van der Waals surface area contributed by atoms with Gasteiger partial charge in [-0.2, -0.15) is 0 Å². The summed E-state index contributed by atoms with van der Waals surface area (Å²) in [6.45, 7) is 2.43. The molecule has 0 radical (unpaired) electrons. The van der Waals surface area contributed by atoms with Crippen LogP contribution in [0.1, 0.15) is 34.7 Å². The van der Waals surface area contributed by atoms with Crippen molar-refractivity contribution in [1.82, 2.24) is 4.98 Å². The standard InChI is InChI=1S/C15H16N2O3/c1-10-7-11(15(18)19)8-14(16-10)17(12-4-5-12)9-13-3-2-6-20-13/h2-3,6-8,12H,4-5,9H2,1H3,(H,18,19). The lowest BCUT2D eigenvalue weighted by Crippen LogP contribution is -2.26. The maximum Gasteiger partial charge on any atom is 0.335 e. The third-order valence-electron chi connectivity index (χ3n) is 3.38. The first kappa shape index (κ1) is 12.7. The van der Waals surface area contributed by atoms with Gasteiger partial charge in [0.25, 0.3) is 0 Å². The Kier molecular flexibility index (Phi) is 3.18. The summed E-state index contributed by atoms with van der Waals surface area (Å²) < 4.78 is 5.39. The lowest BCUT2D eigenvalue weighted by molar-refractivity contribution is 0.0696. The van der Waals surface area contributed by atoms with E-state index in [9.17, 15) is 4.79 Å². The number of anilines is 1. The number of nitrogens with zero attached hydrogens (tertiary/aromatic N) is 2. The quantitative estimate of drug-likeness (QED) is 0.906. The monoisotopic (exact) mass is 272 g/mol. The third-order valence-corrected chi connectivity index (χ3v) is 3.38. The van der Waals surface area contributed by atoms with E-state index in [-0.39, 0.29) is 5.56 Å². The second-order valence-corrected chi connectivity index (χ2v) is 5.10. The summed E-state index contributed by atoms with van der Waals surface area (Å²) >= 11 is 0. The number of aromatic carboxylic acids is 1. The van der Waals surface area contributed by atoms with Gasteiger partial charge in [0.1, 0.15) is 11.6 Å². The Morgan fingerprint density at radius 2 is 2.30 bits per heavy atom. The molecule has 104 valence electrons. The minimum atomic E-state index is -0.925. The van der Waals surface area contributed by atoms with Gasteiger partial charge in [-0.25, -0.2) is 9.78 Å². The Bertz CT molecular complexity index is 618. The summed E-state index contributed by atoms with van der Waals surface area (Å²) in [7, 11) is 0. The van der Waals surface area contributed by atoms with Crippen molar-refractivity contribution in [2.75, 3.05) is 4.90 Å². The molecule has 0 aromatic carbocycles. The molecular weight excluding hydrogens is 256 g/mol. The van der Waals surface area contributed by atoms with Crippen molar-refractivity contribution in [3.05, 3.63) is 47.5 Å². The highest BCUT2D eigenvalue weighted by Crippen LogP contribution is 2.32. The van der Waals surface area contributed by atoms with Crippen molar-refractivity contribution in [1.29, 1.82) is 0 Å². The maximum absolute atomic E-state index is 11.2. The molecule has 1 saturated carbocycles. The summed E-state index contributed by atoms with van der Waals surface area (Å²) in [5.74, 6) is 0.642. The van der Waals surface area contributed by atoms with Gasteiger partial charge >= 0.3 is 5.97 Å². The van der Waals surface area contributed by atoms with E-state index in [2.05, 4.69) is 9.88 Å². The first-order valence-corrected chi connectivity index (χ1v) is 6.64. The molecule has 1 aliphatic rings. The molecule has 0 unspecified atom stereocenters. The molecule has 0 saturated heterocycles. The Labute approximate surface area is 116 Å². The number of hydrogen-bond donors (Lipinski definition) is 1. The number of furan rings is 1. The zero-order valence-electron chi connectivity index (χ0n) is 11.2. The minimum absolute atomic E-state index is 0.276. The number of aryl methyl sites for hydroxylation is 1. The van der Waals surface area contributed by atoms with E-state index >= 15 is 0 Å². The number of aromatic nitrogens is 1. The highest BCUT2D eigenvalue weighted by molar-refractivity contribution is 5.88. The van der Waals surface area contributed by atoms with E-state index in [1.54, 1.807) is 18.4 Å². The van der Waals surface area contributed by atoms with E-state index in [1.807, 2.05) is 19.1 Å². The molecule has 0 atom stereocenters. The van der Waals surface area contributed by atoms with Crippen LogP contribution in [0.25, 0.3) is 0 Å². The summed E-state index contributed by atoms with van der Waals surface area (Å²) in [6, 6.07) is 7.42. The van der Waals surface area contributed by atoms with Crippen molar-refractivity contribution >= 4 is 11.8 Å². The fourth-order valence-corrected chi connectivity index (χ4v) is 2.28. The minimum Gasteiger partial charge on any atom is -0.478 e. The first-order valence-electron chi connectivity index (χ1n) is 6.64. The van der Waals surface area contributed by atoms with Gasteiger partial charge < -0.3 is 14.4 Å². The average molecular weight is 272 g/mol. The third kappa shape index (κ3) is 2.66. The normalized spacial score (nSPS) is 14.2. The van der Waals surface area contributed by atoms with Crippen LogP contribution in [0.15, 0.2) is 34.9 Å². The fraction of sp³-hybridized carbons (Fsp3) is 0.333. The van der Waals surface area contributed by atoms with Gasteiger partial charge in [0.15, 0.2) is 0 Å². The largest absolute Gasteiger partial charge is 0.478 e. The van der Waals surface area contributed by atoms with Crippen molar-refractivity contribution in [2.24, 2.45) is 0 Å². The molecule has 2 aromatic heterocycles. The second-order valence-electron chi connectivity index (χ2n) is 5.10. The highest BCUT2D eigenvalue weighted by atomic mass is 16.4. The van der Waals surface area contributed by atoms with Crippen molar-refractivity contribution < 1.29 is 14.3 Å². The van der Waals surface area contributed by atoms with Crippen LogP contribution in [-0.4, -0.2) is 22.1 Å². The lowest BCUT2D eigenvalue weighted by Gasteiger charge is -2.23. The summed E-state index contributed by atoms with van der Waals surface area (Å²) in [5.41, 5.74) is 0.989. The first-order chi connectivity index (χ1) is 9.63. The van der Waals surface area contributed by atoms with Gasteiger partial charge in [-0.3, -0.25) is 0 Å². The van der Waals surface area contributed by atoms with Gasteiger partial charge in [-0.15, -0.1) is 0 Å². The summed E-state index contributed by atoms with van der Waals surface area (Å²) in [5, 5.41) is 9.16. The van der Waals surface area contributed by atoms with Crippen LogP contribution in [0.3, 0.4) is 0 Å². The van der Waals surface area contributed by atoms with E-state index in [0.29, 0.717) is 24.1 Å². The molecule has 0 aliphatic heterocycles. The number of carboxylic acids is 1. The van der Waals surface area contributed by atoms with Crippen molar-refractivity contribution in [2.45, 2.75) is 32.4 Å². The molecule has 1 N–H and O–H groups in total. The van der Waals surface area contributed by atoms with Crippen LogP contribution < -0.4 is 4.90 Å². The van der Waals surface area contributed by atoms with Crippen LogP contribution in [0.4, 0.5) is 5.82 Å². The molecule has 3 rings (SSSR count). The zero-order valence-corrected chi connectivity index (χ0v) is 11.2. The molecule has 5 heteroatoms. The van der Waals surface area contributed by atoms with E-state index in [1.165, 1.54) is 0 Å². The van der Waals surface area contributed by atoms with Gasteiger partial charge in [0, 0.05) is 11.7 Å². The molecular formula is C15H16N2O3. The number of hydrogen-bond acceptors (Lipinski definition) is 4. The summed E-state index contributed by atoms with van der Waals surface area (Å²) in [6.07, 6.45) is 3.87. The van der Waals surface area contributed by atoms with Crippen LogP contribution in [0, 0.1) is 6.92 Å². The zero-order chi connectivity index (χ0) is 14.1. The summed E-state index contributed by atoms with van der Waals surface area (Å²) in [4.78, 5) is 17.8. The number of rotatable bonds is 5. The predicted molar refractivity (Wildman–Crippen MR) is 73.8 cm³/mol. The molecule has 1 aliphatic carbocycles. The number of carbonyl (C=O) groups is 1. The molecule has 2 heterocycles. The second kappa shape index (κ2) is 5.00. The average Bonchev–Trinajstić information content (AvgIpc) is 3.12. The SMILES string of the molecule is Cc1cc(C(=O)O)cc(N(Cc2ccco2)C2CC2)n1. The van der Waals surface area contributed by atoms with Crippen LogP contribution in [0.2, 0.25) is 0 Å². The van der Waals surface area contributed by atoms with Gasteiger partial charge in [0.2, 0.25) is 0 Å². The molecule has 1 fully saturated rings.